The quantitative estimate of drug-likeness (QED) is 0.859. The van der Waals surface area contributed by atoms with Gasteiger partial charge in [0, 0.05) is 11.3 Å². The number of amides is 2. The van der Waals surface area contributed by atoms with E-state index in [4.69, 9.17) is 0 Å². The molecule has 116 valence electrons. The van der Waals surface area contributed by atoms with Gasteiger partial charge in [0.15, 0.2) is 0 Å². The number of hydrogen-bond donors (Lipinski definition) is 1. The lowest BCUT2D eigenvalue weighted by atomic mass is 9.81. The van der Waals surface area contributed by atoms with Crippen molar-refractivity contribution >= 4 is 23.6 Å². The van der Waals surface area contributed by atoms with E-state index in [9.17, 15) is 9.59 Å². The van der Waals surface area contributed by atoms with Crippen molar-refractivity contribution in [1.29, 1.82) is 0 Å². The number of thioether (sulfide) groups is 1. The van der Waals surface area contributed by atoms with Gasteiger partial charge in [0.05, 0.1) is 5.92 Å². The first-order chi connectivity index (χ1) is 11.2. The molecule has 0 bridgehead atoms. The van der Waals surface area contributed by atoms with Crippen LogP contribution in [0.2, 0.25) is 0 Å². The zero-order valence-corrected chi connectivity index (χ0v) is 13.4. The molecule has 2 aromatic carbocycles. The van der Waals surface area contributed by atoms with Gasteiger partial charge in [-0.15, -0.1) is 11.8 Å². The standard InChI is InChI=1S/C19H17NO2S/c21-17-11-16(19(22)20-17)14-9-10-23-18-13(7-4-8-15(14)18)12-5-2-1-3-6-12/h1-8,14,16H,9-11H2,(H,20,21,22). The summed E-state index contributed by atoms with van der Waals surface area (Å²) in [4.78, 5) is 24.9. The summed E-state index contributed by atoms with van der Waals surface area (Å²) in [6.45, 7) is 0. The van der Waals surface area contributed by atoms with Crippen LogP contribution in [0.1, 0.15) is 24.3 Å². The van der Waals surface area contributed by atoms with Gasteiger partial charge in [0.1, 0.15) is 0 Å². The average molecular weight is 323 g/mol. The molecule has 2 heterocycles. The summed E-state index contributed by atoms with van der Waals surface area (Å²) in [5, 5.41) is 2.46. The minimum absolute atomic E-state index is 0.108. The van der Waals surface area contributed by atoms with Crippen molar-refractivity contribution in [2.45, 2.75) is 23.7 Å². The lowest BCUT2D eigenvalue weighted by molar-refractivity contribution is -0.126. The maximum atomic E-state index is 12.1. The van der Waals surface area contributed by atoms with Crippen LogP contribution in [-0.2, 0) is 9.59 Å². The average Bonchev–Trinajstić information content (AvgIpc) is 2.93. The van der Waals surface area contributed by atoms with Crippen LogP contribution in [0.3, 0.4) is 0 Å². The van der Waals surface area contributed by atoms with Crippen LogP contribution >= 0.6 is 11.8 Å². The van der Waals surface area contributed by atoms with Crippen LogP contribution in [0.5, 0.6) is 0 Å². The second-order valence-electron chi connectivity index (χ2n) is 6.06. The van der Waals surface area contributed by atoms with Crippen LogP contribution in [0.4, 0.5) is 0 Å². The summed E-state index contributed by atoms with van der Waals surface area (Å²) in [5.74, 6) is 0.663. The Morgan fingerprint density at radius 2 is 1.78 bits per heavy atom. The molecule has 2 atom stereocenters. The molecule has 3 nitrogen and oxygen atoms in total. The van der Waals surface area contributed by atoms with Gasteiger partial charge in [-0.3, -0.25) is 14.9 Å². The van der Waals surface area contributed by atoms with Gasteiger partial charge in [-0.1, -0.05) is 48.5 Å². The van der Waals surface area contributed by atoms with E-state index in [2.05, 4.69) is 35.6 Å². The Hall–Kier alpha value is -2.07. The molecule has 1 fully saturated rings. The van der Waals surface area contributed by atoms with Crippen LogP contribution in [-0.4, -0.2) is 17.6 Å². The number of rotatable bonds is 2. The van der Waals surface area contributed by atoms with Crippen molar-refractivity contribution in [1.82, 2.24) is 5.32 Å². The third kappa shape index (κ3) is 2.57. The molecule has 4 rings (SSSR count). The number of hydrogen-bond acceptors (Lipinski definition) is 3. The maximum absolute atomic E-state index is 12.1. The molecule has 2 unspecified atom stereocenters. The summed E-state index contributed by atoms with van der Waals surface area (Å²) < 4.78 is 0. The van der Waals surface area contributed by atoms with Crippen LogP contribution in [0.15, 0.2) is 53.4 Å². The topological polar surface area (TPSA) is 46.2 Å². The third-order valence-electron chi connectivity index (χ3n) is 4.70. The van der Waals surface area contributed by atoms with E-state index in [1.54, 1.807) is 0 Å². The molecule has 0 radical (unpaired) electrons. The van der Waals surface area contributed by atoms with E-state index < -0.39 is 0 Å². The number of fused-ring (bicyclic) bond motifs is 1. The molecule has 0 aliphatic carbocycles. The summed E-state index contributed by atoms with van der Waals surface area (Å²) in [6.07, 6.45) is 1.27. The minimum Gasteiger partial charge on any atom is -0.296 e. The van der Waals surface area contributed by atoms with Crippen LogP contribution in [0.25, 0.3) is 11.1 Å². The Labute approximate surface area is 139 Å². The SMILES string of the molecule is O=C1CC(C2CCSc3c(-c4ccccc4)cccc32)C(=O)N1. The second-order valence-corrected chi connectivity index (χ2v) is 7.16. The van der Waals surface area contributed by atoms with Crippen LogP contribution < -0.4 is 5.32 Å². The van der Waals surface area contributed by atoms with Crippen molar-refractivity contribution < 1.29 is 9.59 Å². The molecule has 0 spiro atoms. The molecule has 1 N–H and O–H groups in total. The van der Waals surface area contributed by atoms with Crippen molar-refractivity contribution in [2.24, 2.45) is 5.92 Å². The molecule has 4 heteroatoms. The highest BCUT2D eigenvalue weighted by Crippen LogP contribution is 2.47. The number of nitrogens with one attached hydrogen (secondary N) is 1. The molecule has 2 aliphatic rings. The van der Waals surface area contributed by atoms with Gasteiger partial charge in [0.25, 0.3) is 0 Å². The Morgan fingerprint density at radius 1 is 0.957 bits per heavy atom. The van der Waals surface area contributed by atoms with E-state index in [1.165, 1.54) is 21.6 Å². The van der Waals surface area contributed by atoms with E-state index in [-0.39, 0.29) is 23.7 Å². The maximum Gasteiger partial charge on any atom is 0.230 e. The second kappa shape index (κ2) is 5.85. The molecule has 2 amide bonds. The van der Waals surface area contributed by atoms with Gasteiger partial charge in [0.2, 0.25) is 11.8 Å². The summed E-state index contributed by atoms with van der Waals surface area (Å²) in [5.41, 5.74) is 3.64. The molecule has 2 aromatic rings. The number of carbonyl (C=O) groups excluding carboxylic acids is 2. The van der Waals surface area contributed by atoms with E-state index in [0.29, 0.717) is 6.42 Å². The number of benzene rings is 2. The molecule has 0 aromatic heterocycles. The van der Waals surface area contributed by atoms with E-state index in [0.717, 1.165) is 12.2 Å². The highest BCUT2D eigenvalue weighted by Gasteiger charge is 2.39. The first-order valence-corrected chi connectivity index (χ1v) is 8.87. The Bertz CT molecular complexity index is 772. The molecular formula is C19H17NO2S. The Morgan fingerprint density at radius 3 is 2.52 bits per heavy atom. The zero-order valence-electron chi connectivity index (χ0n) is 12.6. The summed E-state index contributed by atoms with van der Waals surface area (Å²) >= 11 is 1.86. The van der Waals surface area contributed by atoms with Crippen molar-refractivity contribution in [2.75, 3.05) is 5.75 Å². The monoisotopic (exact) mass is 323 g/mol. The normalized spacial score (nSPS) is 23.5. The largest absolute Gasteiger partial charge is 0.296 e. The number of carbonyl (C=O) groups is 2. The smallest absolute Gasteiger partial charge is 0.230 e. The fraction of sp³-hybridized carbons (Fsp3) is 0.263. The fourth-order valence-corrected chi connectivity index (χ4v) is 4.92. The predicted molar refractivity (Wildman–Crippen MR) is 91.2 cm³/mol. The Balaban J connectivity index is 1.78. The summed E-state index contributed by atoms with van der Waals surface area (Å²) in [6, 6.07) is 16.7. The van der Waals surface area contributed by atoms with Crippen molar-refractivity contribution in [3.05, 3.63) is 54.1 Å². The van der Waals surface area contributed by atoms with Gasteiger partial charge < -0.3 is 0 Å². The van der Waals surface area contributed by atoms with Crippen molar-refractivity contribution in [3.63, 3.8) is 0 Å². The summed E-state index contributed by atoms with van der Waals surface area (Å²) in [7, 11) is 0. The van der Waals surface area contributed by atoms with E-state index in [1.807, 2.05) is 30.0 Å². The number of imide groups is 1. The fourth-order valence-electron chi connectivity index (χ4n) is 3.61. The zero-order chi connectivity index (χ0) is 15.8. The Kier molecular flexibility index (Phi) is 3.69. The van der Waals surface area contributed by atoms with Gasteiger partial charge in [-0.05, 0) is 34.8 Å². The molecule has 2 aliphatic heterocycles. The lowest BCUT2D eigenvalue weighted by Gasteiger charge is -2.29. The lowest BCUT2D eigenvalue weighted by Crippen LogP contribution is -2.26. The predicted octanol–water partition coefficient (Wildman–Crippen LogP) is 3.60. The van der Waals surface area contributed by atoms with E-state index >= 15 is 0 Å². The van der Waals surface area contributed by atoms with Gasteiger partial charge in [-0.2, -0.15) is 0 Å². The first kappa shape index (κ1) is 14.5. The van der Waals surface area contributed by atoms with Gasteiger partial charge >= 0.3 is 0 Å². The highest BCUT2D eigenvalue weighted by atomic mass is 32.2. The molecule has 0 saturated carbocycles. The first-order valence-electron chi connectivity index (χ1n) is 7.89. The van der Waals surface area contributed by atoms with Gasteiger partial charge in [-0.25, -0.2) is 0 Å². The highest BCUT2D eigenvalue weighted by molar-refractivity contribution is 7.99. The van der Waals surface area contributed by atoms with Crippen LogP contribution in [0, 0.1) is 5.92 Å². The molecule has 1 saturated heterocycles. The van der Waals surface area contributed by atoms with Crippen molar-refractivity contribution in [3.8, 4) is 11.1 Å². The third-order valence-corrected chi connectivity index (χ3v) is 5.88. The molecule has 23 heavy (non-hydrogen) atoms. The molecular weight excluding hydrogens is 306 g/mol. The minimum atomic E-state index is -0.215.